The lowest BCUT2D eigenvalue weighted by atomic mass is 9.76. The lowest BCUT2D eigenvalue weighted by Gasteiger charge is -2.26. The van der Waals surface area contributed by atoms with Crippen LogP contribution >= 0.6 is 0 Å². The van der Waals surface area contributed by atoms with E-state index < -0.39 is 17.2 Å². The fourth-order valence-corrected chi connectivity index (χ4v) is 4.09. The SMILES string of the molecule is C#C[C@@]12OC(=O)[C@H]3[C@H](CC)C[C@@](CC)(OC1=O)[C@H]32. The Labute approximate surface area is 106 Å². The van der Waals surface area contributed by atoms with Crippen LogP contribution in [0.1, 0.15) is 33.1 Å². The third-order valence-electron chi connectivity index (χ3n) is 4.95. The van der Waals surface area contributed by atoms with Gasteiger partial charge in [0.15, 0.2) is 0 Å². The second-order valence-electron chi connectivity index (χ2n) is 5.48. The van der Waals surface area contributed by atoms with Gasteiger partial charge in [0.05, 0.1) is 11.8 Å². The van der Waals surface area contributed by atoms with Gasteiger partial charge in [0.25, 0.3) is 5.60 Å². The largest absolute Gasteiger partial charge is 0.455 e. The molecule has 0 N–H and O–H groups in total. The highest BCUT2D eigenvalue weighted by atomic mass is 16.6. The topological polar surface area (TPSA) is 52.6 Å². The maximum absolute atomic E-state index is 12.1. The highest BCUT2D eigenvalue weighted by Gasteiger charge is 2.78. The van der Waals surface area contributed by atoms with Gasteiger partial charge in [0, 0.05) is 0 Å². The molecule has 0 aromatic rings. The van der Waals surface area contributed by atoms with E-state index in [1.807, 2.05) is 13.8 Å². The minimum absolute atomic E-state index is 0.200. The van der Waals surface area contributed by atoms with Gasteiger partial charge in [-0.1, -0.05) is 20.3 Å². The van der Waals surface area contributed by atoms with Crippen molar-refractivity contribution < 1.29 is 19.1 Å². The van der Waals surface area contributed by atoms with Crippen LogP contribution in [0, 0.1) is 30.1 Å². The van der Waals surface area contributed by atoms with Gasteiger partial charge in [-0.05, 0) is 24.7 Å². The smallest absolute Gasteiger partial charge is 0.364 e. The predicted molar refractivity (Wildman–Crippen MR) is 62.1 cm³/mol. The van der Waals surface area contributed by atoms with Crippen molar-refractivity contribution in [1.82, 2.24) is 0 Å². The Hall–Kier alpha value is -1.50. The summed E-state index contributed by atoms with van der Waals surface area (Å²) in [6.45, 7) is 4.01. The maximum Gasteiger partial charge on any atom is 0.364 e. The lowest BCUT2D eigenvalue weighted by Crippen LogP contribution is -2.41. The Morgan fingerprint density at radius 2 is 2.11 bits per heavy atom. The zero-order valence-corrected chi connectivity index (χ0v) is 10.6. The standard InChI is InChI=1S/C14H16O4/c1-4-8-7-13(5-2)10-9(8)11(15)17-14(10,6-3)12(16)18-13/h3,8-10H,4-5,7H2,1-2H3/t8-,9+,10+,13-,14+/m1/s1. The van der Waals surface area contributed by atoms with Gasteiger partial charge < -0.3 is 9.47 Å². The van der Waals surface area contributed by atoms with E-state index in [-0.39, 0.29) is 23.7 Å². The van der Waals surface area contributed by atoms with Gasteiger partial charge in [0.2, 0.25) is 0 Å². The number of carbonyl (C=O) groups excluding carboxylic acids is 2. The Bertz CT molecular complexity index is 477. The Morgan fingerprint density at radius 1 is 1.39 bits per heavy atom. The van der Waals surface area contributed by atoms with Gasteiger partial charge in [0.1, 0.15) is 5.60 Å². The molecule has 5 atom stereocenters. The summed E-state index contributed by atoms with van der Waals surface area (Å²) in [5.41, 5.74) is -2.05. The number of esters is 2. The molecule has 0 aromatic carbocycles. The molecule has 0 aromatic heterocycles. The van der Waals surface area contributed by atoms with E-state index >= 15 is 0 Å². The summed E-state index contributed by atoms with van der Waals surface area (Å²) in [5.74, 6) is 1.15. The van der Waals surface area contributed by atoms with E-state index in [1.54, 1.807) is 0 Å². The Kier molecular flexibility index (Phi) is 2.11. The van der Waals surface area contributed by atoms with Gasteiger partial charge in [-0.15, -0.1) is 6.42 Å². The van der Waals surface area contributed by atoms with Crippen molar-refractivity contribution in [2.45, 2.75) is 44.3 Å². The zero-order valence-electron chi connectivity index (χ0n) is 10.6. The summed E-state index contributed by atoms with van der Waals surface area (Å²) in [5, 5.41) is 0. The van der Waals surface area contributed by atoms with Crippen LogP contribution in [0.5, 0.6) is 0 Å². The van der Waals surface area contributed by atoms with Crippen LogP contribution in [0.3, 0.4) is 0 Å². The second kappa shape index (κ2) is 3.28. The Balaban J connectivity index is 2.16. The van der Waals surface area contributed by atoms with Crippen LogP contribution in [0.25, 0.3) is 0 Å². The molecule has 96 valence electrons. The molecule has 2 heterocycles. The van der Waals surface area contributed by atoms with Gasteiger partial charge in [-0.2, -0.15) is 0 Å². The quantitative estimate of drug-likeness (QED) is 0.545. The predicted octanol–water partition coefficient (Wildman–Crippen LogP) is 1.28. The van der Waals surface area contributed by atoms with Crippen LogP contribution in [0.15, 0.2) is 0 Å². The minimum atomic E-state index is -1.46. The second-order valence-corrected chi connectivity index (χ2v) is 5.48. The number of hydrogen-bond acceptors (Lipinski definition) is 4. The first kappa shape index (κ1) is 11.6. The molecule has 1 saturated carbocycles. The average molecular weight is 248 g/mol. The first-order valence-electron chi connectivity index (χ1n) is 6.48. The number of carbonyl (C=O) groups is 2. The summed E-state index contributed by atoms with van der Waals surface area (Å²) >= 11 is 0. The van der Waals surface area contributed by atoms with Crippen molar-refractivity contribution in [3.05, 3.63) is 0 Å². The molecule has 0 unspecified atom stereocenters. The van der Waals surface area contributed by atoms with Gasteiger partial charge >= 0.3 is 11.9 Å². The molecule has 4 nitrogen and oxygen atoms in total. The highest BCUT2D eigenvalue weighted by molar-refractivity contribution is 5.95. The molecular weight excluding hydrogens is 232 g/mol. The van der Waals surface area contributed by atoms with Crippen molar-refractivity contribution in [2.24, 2.45) is 17.8 Å². The molecule has 0 bridgehead atoms. The van der Waals surface area contributed by atoms with E-state index in [0.717, 1.165) is 12.8 Å². The van der Waals surface area contributed by atoms with Gasteiger partial charge in [-0.3, -0.25) is 4.79 Å². The molecule has 2 aliphatic heterocycles. The fraction of sp³-hybridized carbons (Fsp3) is 0.714. The monoisotopic (exact) mass is 248 g/mol. The molecule has 18 heavy (non-hydrogen) atoms. The van der Waals surface area contributed by atoms with Crippen molar-refractivity contribution in [3.8, 4) is 12.3 Å². The minimum Gasteiger partial charge on any atom is -0.455 e. The summed E-state index contributed by atoms with van der Waals surface area (Å²) in [7, 11) is 0. The van der Waals surface area contributed by atoms with E-state index in [9.17, 15) is 9.59 Å². The molecule has 0 radical (unpaired) electrons. The molecular formula is C14H16O4. The van der Waals surface area contributed by atoms with E-state index in [0.29, 0.717) is 6.42 Å². The van der Waals surface area contributed by atoms with Crippen molar-refractivity contribution in [2.75, 3.05) is 0 Å². The van der Waals surface area contributed by atoms with Crippen LogP contribution in [0.4, 0.5) is 0 Å². The normalized spacial score (nSPS) is 48.6. The highest BCUT2D eigenvalue weighted by Crippen LogP contribution is 2.62. The van der Waals surface area contributed by atoms with Gasteiger partial charge in [-0.25, -0.2) is 4.79 Å². The summed E-state index contributed by atoms with van der Waals surface area (Å²) in [6, 6.07) is 0. The van der Waals surface area contributed by atoms with Crippen LogP contribution in [0.2, 0.25) is 0 Å². The zero-order chi connectivity index (χ0) is 13.1. The van der Waals surface area contributed by atoms with Crippen molar-refractivity contribution >= 4 is 11.9 Å². The lowest BCUT2D eigenvalue weighted by molar-refractivity contribution is -0.166. The molecule has 3 aliphatic rings. The number of terminal acetylenes is 1. The molecule has 0 spiro atoms. The van der Waals surface area contributed by atoms with Crippen LogP contribution in [-0.2, 0) is 19.1 Å². The average Bonchev–Trinajstić information content (AvgIpc) is 2.93. The van der Waals surface area contributed by atoms with Crippen LogP contribution in [-0.4, -0.2) is 23.1 Å². The molecule has 1 aliphatic carbocycles. The number of ether oxygens (including phenoxy) is 2. The summed E-state index contributed by atoms with van der Waals surface area (Å²) in [4.78, 5) is 24.1. The molecule has 3 rings (SSSR count). The molecule has 0 amide bonds. The maximum atomic E-state index is 12.1. The van der Waals surface area contributed by atoms with E-state index in [1.165, 1.54) is 0 Å². The third-order valence-corrected chi connectivity index (χ3v) is 4.95. The van der Waals surface area contributed by atoms with Crippen LogP contribution < -0.4 is 0 Å². The Morgan fingerprint density at radius 3 is 2.67 bits per heavy atom. The number of hydrogen-bond donors (Lipinski definition) is 0. The van der Waals surface area contributed by atoms with Crippen molar-refractivity contribution in [1.29, 1.82) is 0 Å². The third kappa shape index (κ3) is 0.996. The first-order chi connectivity index (χ1) is 8.54. The fourth-order valence-electron chi connectivity index (χ4n) is 4.09. The summed E-state index contributed by atoms with van der Waals surface area (Å²) < 4.78 is 10.8. The first-order valence-corrected chi connectivity index (χ1v) is 6.48. The molecule has 2 saturated heterocycles. The number of rotatable bonds is 2. The molecule has 3 fully saturated rings. The van der Waals surface area contributed by atoms with Crippen molar-refractivity contribution in [3.63, 3.8) is 0 Å². The van der Waals surface area contributed by atoms with E-state index in [4.69, 9.17) is 15.9 Å². The molecule has 4 heteroatoms. The summed E-state index contributed by atoms with van der Waals surface area (Å²) in [6.07, 6.45) is 7.76. The van der Waals surface area contributed by atoms with E-state index in [2.05, 4.69) is 5.92 Å².